The second kappa shape index (κ2) is 6.85. The van der Waals surface area contributed by atoms with Crippen LogP contribution in [0.15, 0.2) is 24.3 Å². The van der Waals surface area contributed by atoms with Gasteiger partial charge in [0, 0.05) is 18.8 Å². The van der Waals surface area contributed by atoms with Gasteiger partial charge in [-0.05, 0) is 35.7 Å². The maximum Gasteiger partial charge on any atom is 0.193 e. The van der Waals surface area contributed by atoms with Gasteiger partial charge in [-0.2, -0.15) is 0 Å². The second-order valence-electron chi connectivity index (χ2n) is 10.9. The normalized spacial score (nSPS) is 37.7. The average molecular weight is 435 g/mol. The largest absolute Gasteiger partial charge is 0.405 e. The topological polar surface area (TPSA) is 66.4 Å². The first-order valence-electron chi connectivity index (χ1n) is 11.1. The van der Waals surface area contributed by atoms with Crippen molar-refractivity contribution in [2.45, 2.75) is 101 Å². The molecule has 3 fully saturated rings. The van der Waals surface area contributed by atoms with E-state index in [-0.39, 0.29) is 17.1 Å². The molecule has 30 heavy (non-hydrogen) atoms. The van der Waals surface area contributed by atoms with E-state index < -0.39 is 32.3 Å². The number of aliphatic hydroxyl groups is 1. The van der Waals surface area contributed by atoms with Gasteiger partial charge < -0.3 is 28.5 Å². The lowest BCUT2D eigenvalue weighted by Gasteiger charge is -2.52. The van der Waals surface area contributed by atoms with E-state index in [1.54, 1.807) is 0 Å². The molecule has 0 amide bonds. The molecule has 1 aliphatic carbocycles. The Labute approximate surface area is 179 Å². The Kier molecular flexibility index (Phi) is 4.81. The van der Waals surface area contributed by atoms with Gasteiger partial charge in [0.15, 0.2) is 26.7 Å². The first-order chi connectivity index (χ1) is 14.0. The first-order valence-corrected chi connectivity index (χ1v) is 14.0. The van der Waals surface area contributed by atoms with Gasteiger partial charge in [-0.15, -0.1) is 0 Å². The second-order valence-corrected chi connectivity index (χ2v) is 15.6. The molecule has 3 aliphatic heterocycles. The molecule has 7 heteroatoms. The van der Waals surface area contributed by atoms with Crippen LogP contribution in [0.3, 0.4) is 0 Å². The Morgan fingerprint density at radius 2 is 1.67 bits per heavy atom. The van der Waals surface area contributed by atoms with Crippen LogP contribution in [0.25, 0.3) is 0 Å². The van der Waals surface area contributed by atoms with Crippen LogP contribution in [0.4, 0.5) is 0 Å². The fourth-order valence-corrected chi connectivity index (χ4v) is 6.93. The summed E-state index contributed by atoms with van der Waals surface area (Å²) in [5.41, 5.74) is 1.55. The van der Waals surface area contributed by atoms with E-state index >= 15 is 0 Å². The third-order valence-corrected chi connectivity index (χ3v) is 12.4. The zero-order valence-corrected chi connectivity index (χ0v) is 19.6. The molecule has 1 aromatic carbocycles. The van der Waals surface area contributed by atoms with Crippen LogP contribution in [0.1, 0.15) is 51.2 Å². The van der Waals surface area contributed by atoms with Crippen LogP contribution in [-0.4, -0.2) is 43.5 Å². The van der Waals surface area contributed by atoms with Gasteiger partial charge in [0.2, 0.25) is 0 Å². The maximum atomic E-state index is 10.5. The molecular weight excluding hydrogens is 400 g/mol. The standard InChI is InChI=1S/C23H34O6Si/c1-21(2,3)30(4,5)29-22-12-19(24)28-20(22)27-17-10-18(22)23(11-17)25-13-15-8-6-7-9-16(15)14-26-23/h6-9,17-20,24H,10-14H2,1-5H3/t17-,18-,19?,20+,22-/m0/s1. The van der Waals surface area contributed by atoms with Crippen molar-refractivity contribution in [2.24, 2.45) is 5.92 Å². The molecular formula is C23H34O6Si. The summed E-state index contributed by atoms with van der Waals surface area (Å²) in [5.74, 6) is -0.858. The Hall–Kier alpha value is -0.803. The Balaban J connectivity index is 1.53. The van der Waals surface area contributed by atoms with Gasteiger partial charge in [0.05, 0.1) is 19.3 Å². The van der Waals surface area contributed by atoms with Crippen LogP contribution in [0.5, 0.6) is 0 Å². The van der Waals surface area contributed by atoms with Crippen LogP contribution in [0, 0.1) is 5.92 Å². The minimum Gasteiger partial charge on any atom is -0.405 e. The highest BCUT2D eigenvalue weighted by Crippen LogP contribution is 2.60. The van der Waals surface area contributed by atoms with Gasteiger partial charge in [0.1, 0.15) is 5.60 Å². The number of benzene rings is 1. The first kappa shape index (κ1) is 21.1. The zero-order chi connectivity index (χ0) is 21.4. The van der Waals surface area contributed by atoms with E-state index in [1.165, 1.54) is 0 Å². The molecule has 5 atom stereocenters. The van der Waals surface area contributed by atoms with Crippen molar-refractivity contribution >= 4 is 8.32 Å². The van der Waals surface area contributed by atoms with Gasteiger partial charge in [-0.3, -0.25) is 0 Å². The van der Waals surface area contributed by atoms with Crippen molar-refractivity contribution in [3.05, 3.63) is 35.4 Å². The summed E-state index contributed by atoms with van der Waals surface area (Å²) in [7, 11) is -2.20. The molecule has 1 unspecified atom stereocenters. The molecule has 6 nitrogen and oxygen atoms in total. The van der Waals surface area contributed by atoms with Gasteiger partial charge in [-0.1, -0.05) is 45.0 Å². The Morgan fingerprint density at radius 3 is 2.27 bits per heavy atom. The Morgan fingerprint density at radius 1 is 1.03 bits per heavy atom. The minimum atomic E-state index is -2.20. The van der Waals surface area contributed by atoms with Gasteiger partial charge >= 0.3 is 0 Å². The highest BCUT2D eigenvalue weighted by atomic mass is 28.4. The highest BCUT2D eigenvalue weighted by molar-refractivity contribution is 6.74. The zero-order valence-electron chi connectivity index (χ0n) is 18.6. The van der Waals surface area contributed by atoms with Crippen molar-refractivity contribution in [3.63, 3.8) is 0 Å². The number of aliphatic hydroxyl groups excluding tert-OH is 1. The summed E-state index contributed by atoms with van der Waals surface area (Å²) in [6.45, 7) is 12.2. The molecule has 1 N–H and O–H groups in total. The smallest absolute Gasteiger partial charge is 0.193 e. The molecule has 2 bridgehead atoms. The van der Waals surface area contributed by atoms with Crippen molar-refractivity contribution < 1.29 is 28.5 Å². The number of rotatable bonds is 2. The van der Waals surface area contributed by atoms with E-state index in [0.717, 1.165) is 17.5 Å². The van der Waals surface area contributed by atoms with E-state index in [4.69, 9.17) is 23.4 Å². The fraction of sp³-hybridized carbons (Fsp3) is 0.739. The Bertz CT molecular complexity index is 793. The van der Waals surface area contributed by atoms with Crippen molar-refractivity contribution in [2.75, 3.05) is 0 Å². The molecule has 0 radical (unpaired) electrons. The SMILES string of the molecule is CC(C)(C)[Si](C)(C)O[C@]12CC(O)O[C@H]1O[C@H]1C[C@@H]2C2(C1)OCc1ccccc1CO2. The highest BCUT2D eigenvalue weighted by Gasteiger charge is 2.71. The van der Waals surface area contributed by atoms with Gasteiger partial charge in [0.25, 0.3) is 0 Å². The fourth-order valence-electron chi connectivity index (χ4n) is 5.35. The number of fused-ring (bicyclic) bond motifs is 6. The summed E-state index contributed by atoms with van der Waals surface area (Å²) in [4.78, 5) is 0. The maximum absolute atomic E-state index is 10.5. The summed E-state index contributed by atoms with van der Waals surface area (Å²) < 4.78 is 32.4. The van der Waals surface area contributed by atoms with E-state index in [0.29, 0.717) is 26.1 Å². The van der Waals surface area contributed by atoms with E-state index in [9.17, 15) is 5.11 Å². The molecule has 0 aromatic heterocycles. The average Bonchev–Trinajstić information content (AvgIpc) is 3.07. The quantitative estimate of drug-likeness (QED) is 0.708. The lowest BCUT2D eigenvalue weighted by molar-refractivity contribution is -0.304. The monoisotopic (exact) mass is 434 g/mol. The van der Waals surface area contributed by atoms with Crippen LogP contribution >= 0.6 is 0 Å². The lowest BCUT2D eigenvalue weighted by atomic mass is 9.79. The molecule has 5 rings (SSSR count). The van der Waals surface area contributed by atoms with Crippen LogP contribution in [0.2, 0.25) is 18.1 Å². The van der Waals surface area contributed by atoms with Crippen molar-refractivity contribution in [1.29, 1.82) is 0 Å². The summed E-state index contributed by atoms with van der Waals surface area (Å²) in [6, 6.07) is 8.27. The predicted octanol–water partition coefficient (Wildman–Crippen LogP) is 4.06. The number of hydrogen-bond acceptors (Lipinski definition) is 6. The molecule has 1 spiro atoms. The van der Waals surface area contributed by atoms with Crippen LogP contribution < -0.4 is 0 Å². The summed E-state index contributed by atoms with van der Waals surface area (Å²) >= 11 is 0. The van der Waals surface area contributed by atoms with Crippen LogP contribution in [-0.2, 0) is 36.6 Å². The predicted molar refractivity (Wildman–Crippen MR) is 113 cm³/mol. The summed E-state index contributed by atoms with van der Waals surface area (Å²) in [6.07, 6.45) is 0.300. The van der Waals surface area contributed by atoms with E-state index in [1.807, 2.05) is 12.1 Å². The van der Waals surface area contributed by atoms with Gasteiger partial charge in [-0.25, -0.2) is 0 Å². The molecule has 3 heterocycles. The molecule has 166 valence electrons. The molecule has 2 saturated heterocycles. The van der Waals surface area contributed by atoms with E-state index in [2.05, 4.69) is 46.0 Å². The number of ether oxygens (including phenoxy) is 4. The molecule has 1 saturated carbocycles. The third-order valence-electron chi connectivity index (χ3n) is 7.93. The number of hydrogen-bond donors (Lipinski definition) is 1. The third kappa shape index (κ3) is 3.13. The van der Waals surface area contributed by atoms with Crippen molar-refractivity contribution in [3.8, 4) is 0 Å². The molecule has 1 aromatic rings. The molecule has 4 aliphatic rings. The summed E-state index contributed by atoms with van der Waals surface area (Å²) in [5, 5.41) is 10.5. The van der Waals surface area contributed by atoms with Crippen molar-refractivity contribution in [1.82, 2.24) is 0 Å². The minimum absolute atomic E-state index is 0.0177. The lowest BCUT2D eigenvalue weighted by Crippen LogP contribution is -2.63.